The van der Waals surface area contributed by atoms with Crippen molar-refractivity contribution in [1.82, 2.24) is 4.90 Å². The van der Waals surface area contributed by atoms with Crippen LogP contribution in [0.3, 0.4) is 0 Å². The van der Waals surface area contributed by atoms with Gasteiger partial charge in [-0.3, -0.25) is 0 Å². The topological polar surface area (TPSA) is 23.5 Å². The highest BCUT2D eigenvalue weighted by Gasteiger charge is 2.48. The van der Waals surface area contributed by atoms with Gasteiger partial charge in [-0.05, 0) is 44.9 Å². The number of fused-ring (bicyclic) bond motifs is 2. The number of halogens is 4. The van der Waals surface area contributed by atoms with Crippen molar-refractivity contribution in [3.63, 3.8) is 0 Å². The molecule has 116 valence electrons. The zero-order valence-electron chi connectivity index (χ0n) is 11.6. The Balaban J connectivity index is 1.94. The molecule has 0 spiro atoms. The van der Waals surface area contributed by atoms with E-state index in [-0.39, 0.29) is 17.6 Å². The summed E-state index contributed by atoms with van der Waals surface area (Å²) in [6.07, 6.45) is -1.98. The van der Waals surface area contributed by atoms with Gasteiger partial charge in [-0.1, -0.05) is 6.07 Å². The van der Waals surface area contributed by atoms with Crippen LogP contribution >= 0.6 is 0 Å². The number of nitrogens with zero attached hydrogens (tertiary/aromatic N) is 1. The van der Waals surface area contributed by atoms with Crippen LogP contribution in [-0.2, 0) is 11.8 Å². The third kappa shape index (κ3) is 2.44. The summed E-state index contributed by atoms with van der Waals surface area (Å²) in [5, 5.41) is 10.8. The molecule has 0 saturated carbocycles. The van der Waals surface area contributed by atoms with Gasteiger partial charge in [-0.15, -0.1) is 0 Å². The van der Waals surface area contributed by atoms with Gasteiger partial charge >= 0.3 is 6.18 Å². The number of aliphatic hydroxyl groups is 1. The van der Waals surface area contributed by atoms with E-state index >= 15 is 0 Å². The molecule has 2 heterocycles. The molecular formula is C15H17F4NO. The average Bonchev–Trinajstić information content (AvgIpc) is 2.61. The first-order valence-electron chi connectivity index (χ1n) is 7.02. The molecule has 1 aromatic carbocycles. The highest BCUT2D eigenvalue weighted by Crippen LogP contribution is 2.46. The Bertz CT molecular complexity index is 543. The van der Waals surface area contributed by atoms with Gasteiger partial charge in [-0.2, -0.15) is 13.2 Å². The van der Waals surface area contributed by atoms with Crippen molar-refractivity contribution < 1.29 is 22.7 Å². The van der Waals surface area contributed by atoms with Gasteiger partial charge in [-0.25, -0.2) is 4.39 Å². The minimum Gasteiger partial charge on any atom is -0.385 e. The predicted molar refractivity (Wildman–Crippen MR) is 69.1 cm³/mol. The zero-order chi connectivity index (χ0) is 15.4. The second kappa shape index (κ2) is 4.68. The smallest absolute Gasteiger partial charge is 0.385 e. The number of hydrogen-bond donors (Lipinski definition) is 1. The SMILES string of the molecule is CN1C2CCC1CC(O)(c1ccc(C(F)(F)F)cc1F)C2. The minimum atomic E-state index is -4.58. The highest BCUT2D eigenvalue weighted by atomic mass is 19.4. The van der Waals surface area contributed by atoms with Crippen LogP contribution in [0, 0.1) is 5.82 Å². The van der Waals surface area contributed by atoms with Gasteiger partial charge in [0.05, 0.1) is 11.2 Å². The van der Waals surface area contributed by atoms with Crippen molar-refractivity contribution in [3.05, 3.63) is 35.1 Å². The lowest BCUT2D eigenvalue weighted by Gasteiger charge is -2.42. The standard InChI is InChI=1S/C15H17F4NO/c1-20-10-3-4-11(20)8-14(21,7-10)12-5-2-9(6-13(12)16)15(17,18)19/h2,5-6,10-11,21H,3-4,7-8H2,1H3. The molecule has 2 unspecified atom stereocenters. The fourth-order valence-electron chi connectivity index (χ4n) is 3.73. The van der Waals surface area contributed by atoms with Crippen LogP contribution in [0.5, 0.6) is 0 Å². The van der Waals surface area contributed by atoms with Crippen LogP contribution in [-0.4, -0.2) is 29.1 Å². The Labute approximate surface area is 120 Å². The summed E-state index contributed by atoms with van der Waals surface area (Å²) in [5.74, 6) is -0.976. The van der Waals surface area contributed by atoms with Gasteiger partial charge in [0.15, 0.2) is 0 Å². The summed E-state index contributed by atoms with van der Waals surface area (Å²) in [6, 6.07) is 2.73. The fraction of sp³-hybridized carbons (Fsp3) is 0.600. The van der Waals surface area contributed by atoms with E-state index in [0.717, 1.165) is 25.0 Å². The molecule has 3 rings (SSSR count). The van der Waals surface area contributed by atoms with Gasteiger partial charge in [0.1, 0.15) is 5.82 Å². The Kier molecular flexibility index (Phi) is 3.29. The maximum atomic E-state index is 14.1. The van der Waals surface area contributed by atoms with Crippen LogP contribution in [0.25, 0.3) is 0 Å². The summed E-state index contributed by atoms with van der Waals surface area (Å²) in [5.41, 5.74) is -2.41. The molecular weight excluding hydrogens is 286 g/mol. The molecule has 2 aliphatic rings. The van der Waals surface area contributed by atoms with Crippen molar-refractivity contribution in [2.45, 2.75) is 49.5 Å². The number of rotatable bonds is 1. The fourth-order valence-corrected chi connectivity index (χ4v) is 3.73. The summed E-state index contributed by atoms with van der Waals surface area (Å²) < 4.78 is 51.9. The van der Waals surface area contributed by atoms with E-state index in [0.29, 0.717) is 18.9 Å². The largest absolute Gasteiger partial charge is 0.416 e. The second-order valence-electron chi connectivity index (χ2n) is 6.18. The molecule has 0 aromatic heterocycles. The average molecular weight is 303 g/mol. The predicted octanol–water partition coefficient (Wildman–Crippen LogP) is 3.29. The van der Waals surface area contributed by atoms with Gasteiger partial charge in [0.25, 0.3) is 0 Å². The molecule has 2 fully saturated rings. The van der Waals surface area contributed by atoms with E-state index in [2.05, 4.69) is 4.90 Å². The van der Waals surface area contributed by atoms with Gasteiger partial charge < -0.3 is 10.0 Å². The zero-order valence-corrected chi connectivity index (χ0v) is 11.6. The van der Waals surface area contributed by atoms with Crippen molar-refractivity contribution >= 4 is 0 Å². The van der Waals surface area contributed by atoms with Crippen LogP contribution in [0.4, 0.5) is 17.6 Å². The lowest BCUT2D eigenvalue weighted by Crippen LogP contribution is -2.48. The molecule has 2 nitrogen and oxygen atoms in total. The quantitative estimate of drug-likeness (QED) is 0.805. The molecule has 2 saturated heterocycles. The molecule has 0 amide bonds. The number of alkyl halides is 3. The Morgan fingerprint density at radius 1 is 1.19 bits per heavy atom. The van der Waals surface area contributed by atoms with Crippen molar-refractivity contribution in [2.75, 3.05) is 7.05 Å². The molecule has 2 aliphatic heterocycles. The highest BCUT2D eigenvalue weighted by molar-refractivity contribution is 5.32. The molecule has 0 radical (unpaired) electrons. The summed E-state index contributed by atoms with van der Waals surface area (Å²) in [6.45, 7) is 0. The lowest BCUT2D eigenvalue weighted by atomic mass is 9.80. The maximum absolute atomic E-state index is 14.1. The van der Waals surface area contributed by atoms with E-state index in [1.165, 1.54) is 0 Å². The van der Waals surface area contributed by atoms with E-state index in [9.17, 15) is 22.7 Å². The third-order valence-corrected chi connectivity index (χ3v) is 4.93. The number of hydrogen-bond acceptors (Lipinski definition) is 2. The van der Waals surface area contributed by atoms with E-state index in [1.807, 2.05) is 7.05 Å². The monoisotopic (exact) mass is 303 g/mol. The second-order valence-corrected chi connectivity index (χ2v) is 6.18. The molecule has 0 aliphatic carbocycles. The number of piperidine rings is 1. The molecule has 2 bridgehead atoms. The van der Waals surface area contributed by atoms with Crippen LogP contribution < -0.4 is 0 Å². The van der Waals surface area contributed by atoms with Gasteiger partial charge in [0.2, 0.25) is 0 Å². The number of benzene rings is 1. The van der Waals surface area contributed by atoms with Gasteiger partial charge in [0, 0.05) is 17.6 Å². The first kappa shape index (κ1) is 14.8. The minimum absolute atomic E-state index is 0.0134. The van der Waals surface area contributed by atoms with Crippen LogP contribution in [0.2, 0.25) is 0 Å². The maximum Gasteiger partial charge on any atom is 0.416 e. The first-order chi connectivity index (χ1) is 9.71. The van der Waals surface area contributed by atoms with Crippen molar-refractivity contribution in [1.29, 1.82) is 0 Å². The Morgan fingerprint density at radius 3 is 2.24 bits per heavy atom. The molecule has 1 aromatic rings. The third-order valence-electron chi connectivity index (χ3n) is 4.93. The summed E-state index contributed by atoms with van der Waals surface area (Å²) >= 11 is 0. The molecule has 2 atom stereocenters. The van der Waals surface area contributed by atoms with E-state index < -0.39 is 23.2 Å². The Hall–Kier alpha value is -1.14. The van der Waals surface area contributed by atoms with E-state index in [4.69, 9.17) is 0 Å². The lowest BCUT2D eigenvalue weighted by molar-refractivity contribution is -0.137. The molecule has 21 heavy (non-hydrogen) atoms. The van der Waals surface area contributed by atoms with Crippen LogP contribution in [0.1, 0.15) is 36.8 Å². The summed E-state index contributed by atoms with van der Waals surface area (Å²) in [7, 11) is 1.98. The van der Waals surface area contributed by atoms with Crippen molar-refractivity contribution in [2.24, 2.45) is 0 Å². The van der Waals surface area contributed by atoms with E-state index in [1.54, 1.807) is 0 Å². The first-order valence-corrected chi connectivity index (χ1v) is 7.02. The normalized spacial score (nSPS) is 33.4. The Morgan fingerprint density at radius 2 is 1.76 bits per heavy atom. The summed E-state index contributed by atoms with van der Waals surface area (Å²) in [4.78, 5) is 2.18. The van der Waals surface area contributed by atoms with Crippen molar-refractivity contribution in [3.8, 4) is 0 Å². The van der Waals surface area contributed by atoms with Crippen LogP contribution in [0.15, 0.2) is 18.2 Å². The molecule has 6 heteroatoms. The molecule has 1 N–H and O–H groups in total.